The number of aliphatic hydroxyl groups excluding tert-OH is 1. The number of carbonyl (C=O) groups excluding carboxylic acids is 2. The van der Waals surface area contributed by atoms with E-state index in [1.807, 2.05) is 32.1 Å². The molecule has 0 spiro atoms. The van der Waals surface area contributed by atoms with E-state index in [1.165, 1.54) is 17.2 Å². The topological polar surface area (TPSA) is 161 Å². The van der Waals surface area contributed by atoms with Crippen molar-refractivity contribution in [2.24, 2.45) is 5.73 Å². The number of benzene rings is 2. The van der Waals surface area contributed by atoms with Crippen LogP contribution in [0.2, 0.25) is 0 Å². The SMILES string of the molecule is C=CC(=O)Nc1cc(Nc2nccc(N3c4cccc(C(N)=O)c4NC3O)n2)c(OC)cc1N(C)CCN(C)C. The van der Waals surface area contributed by atoms with Crippen LogP contribution >= 0.6 is 0 Å². The highest BCUT2D eigenvalue weighted by Crippen LogP contribution is 2.41. The number of aliphatic hydroxyl groups is 1. The molecule has 1 unspecified atom stereocenters. The third kappa shape index (κ3) is 5.90. The van der Waals surface area contributed by atoms with Gasteiger partial charge in [0.15, 0.2) is 0 Å². The number of carbonyl (C=O) groups is 2. The van der Waals surface area contributed by atoms with Gasteiger partial charge in [-0.15, -0.1) is 0 Å². The molecule has 40 heavy (non-hydrogen) atoms. The third-order valence-corrected chi connectivity index (χ3v) is 6.27. The van der Waals surface area contributed by atoms with Gasteiger partial charge < -0.3 is 41.3 Å². The number of primary amides is 1. The maximum Gasteiger partial charge on any atom is 0.250 e. The molecule has 6 N–H and O–H groups in total. The fourth-order valence-corrected chi connectivity index (χ4v) is 4.24. The lowest BCUT2D eigenvalue weighted by atomic mass is 10.1. The zero-order chi connectivity index (χ0) is 29.0. The molecule has 1 aliphatic rings. The molecule has 13 heteroatoms. The average Bonchev–Trinajstić information content (AvgIpc) is 3.27. The average molecular weight is 548 g/mol. The summed E-state index contributed by atoms with van der Waals surface area (Å²) >= 11 is 0. The molecule has 0 radical (unpaired) electrons. The standard InChI is InChI=1S/C27H33N9O4/c1-6-23(37)30-17-14-18(21(40-5)15-20(17)35(4)13-12-34(2)3)31-26-29-11-10-22(32-26)36-19-9-7-8-16(25(28)38)24(19)33-27(36)39/h6-11,14-15,27,33,39H,1,12-13H2,2-5H3,(H2,28,38)(H,30,37)(H,29,31,32). The number of nitrogens with zero attached hydrogens (tertiary/aromatic N) is 5. The summed E-state index contributed by atoms with van der Waals surface area (Å²) in [6.45, 7) is 5.06. The quantitative estimate of drug-likeness (QED) is 0.224. The van der Waals surface area contributed by atoms with Crippen LogP contribution < -0.4 is 36.2 Å². The molecule has 4 rings (SSSR count). The van der Waals surface area contributed by atoms with Gasteiger partial charge in [0.25, 0.3) is 5.91 Å². The van der Waals surface area contributed by atoms with E-state index in [9.17, 15) is 14.7 Å². The molecule has 0 bridgehead atoms. The predicted octanol–water partition coefficient (Wildman–Crippen LogP) is 2.29. The number of aromatic nitrogens is 2. The fraction of sp³-hybridized carbons (Fsp3) is 0.259. The molecule has 1 atom stereocenters. The van der Waals surface area contributed by atoms with Crippen molar-refractivity contribution in [2.45, 2.75) is 6.35 Å². The number of para-hydroxylation sites is 1. The van der Waals surface area contributed by atoms with Gasteiger partial charge in [0.2, 0.25) is 18.2 Å². The summed E-state index contributed by atoms with van der Waals surface area (Å²) in [5.41, 5.74) is 8.49. The molecule has 2 aromatic carbocycles. The maximum atomic E-state index is 12.2. The summed E-state index contributed by atoms with van der Waals surface area (Å²) in [5, 5.41) is 19.6. The second kappa shape index (κ2) is 11.9. The number of nitrogens with one attached hydrogen (secondary N) is 3. The number of anilines is 7. The van der Waals surface area contributed by atoms with Crippen molar-refractivity contribution in [2.75, 3.05) is 67.1 Å². The predicted molar refractivity (Wildman–Crippen MR) is 156 cm³/mol. The number of nitrogens with two attached hydrogens (primary N) is 1. The molecule has 0 saturated carbocycles. The van der Waals surface area contributed by atoms with Crippen molar-refractivity contribution in [3.8, 4) is 5.75 Å². The number of ether oxygens (including phenoxy) is 1. The van der Waals surface area contributed by atoms with Crippen molar-refractivity contribution >= 4 is 52.0 Å². The Morgan fingerprint density at radius 3 is 2.67 bits per heavy atom. The van der Waals surface area contributed by atoms with Crippen molar-refractivity contribution in [3.05, 3.63) is 60.8 Å². The zero-order valence-electron chi connectivity index (χ0n) is 22.8. The van der Waals surface area contributed by atoms with Crippen LogP contribution in [0.1, 0.15) is 10.4 Å². The number of amides is 2. The second-order valence-corrected chi connectivity index (χ2v) is 9.30. The van der Waals surface area contributed by atoms with E-state index in [0.29, 0.717) is 40.9 Å². The van der Waals surface area contributed by atoms with Gasteiger partial charge in [-0.1, -0.05) is 12.6 Å². The first-order chi connectivity index (χ1) is 19.1. The van der Waals surface area contributed by atoms with Crippen LogP contribution in [0.25, 0.3) is 0 Å². The molecule has 2 amide bonds. The summed E-state index contributed by atoms with van der Waals surface area (Å²) < 4.78 is 5.66. The minimum absolute atomic E-state index is 0.206. The summed E-state index contributed by atoms with van der Waals surface area (Å²) in [4.78, 5) is 38.6. The Kier molecular flexibility index (Phi) is 8.36. The smallest absolute Gasteiger partial charge is 0.250 e. The van der Waals surface area contributed by atoms with Crippen molar-refractivity contribution in [1.29, 1.82) is 0 Å². The highest BCUT2D eigenvalue weighted by atomic mass is 16.5. The summed E-state index contributed by atoms with van der Waals surface area (Å²) in [5.74, 6) is 0.0812. The Hall–Kier alpha value is -4.88. The van der Waals surface area contributed by atoms with Gasteiger partial charge in [-0.2, -0.15) is 4.98 Å². The Morgan fingerprint density at radius 2 is 2.00 bits per heavy atom. The molecule has 1 aromatic heterocycles. The van der Waals surface area contributed by atoms with Gasteiger partial charge in [-0.3, -0.25) is 14.5 Å². The lowest BCUT2D eigenvalue weighted by Gasteiger charge is -2.26. The lowest BCUT2D eigenvalue weighted by molar-refractivity contribution is -0.111. The van der Waals surface area contributed by atoms with Crippen LogP contribution in [0.5, 0.6) is 5.75 Å². The Balaban J connectivity index is 1.69. The van der Waals surface area contributed by atoms with Gasteiger partial charge in [0.05, 0.1) is 41.1 Å². The molecule has 1 aliphatic heterocycles. The number of fused-ring (bicyclic) bond motifs is 1. The maximum absolute atomic E-state index is 12.2. The number of hydrogen-bond acceptors (Lipinski definition) is 11. The van der Waals surface area contributed by atoms with Crippen LogP contribution in [0.4, 0.5) is 40.2 Å². The van der Waals surface area contributed by atoms with E-state index < -0.39 is 12.3 Å². The number of likely N-dealkylation sites (N-methyl/N-ethyl adjacent to an activating group) is 2. The molecule has 0 fully saturated rings. The van der Waals surface area contributed by atoms with Gasteiger partial charge >= 0.3 is 0 Å². The van der Waals surface area contributed by atoms with E-state index in [-0.39, 0.29) is 17.4 Å². The molecule has 3 aromatic rings. The van der Waals surface area contributed by atoms with Crippen LogP contribution in [-0.4, -0.2) is 79.5 Å². The van der Waals surface area contributed by atoms with Gasteiger partial charge in [0, 0.05) is 32.4 Å². The third-order valence-electron chi connectivity index (χ3n) is 6.27. The number of rotatable bonds is 11. The monoisotopic (exact) mass is 547 g/mol. The summed E-state index contributed by atoms with van der Waals surface area (Å²) in [6.07, 6.45) is 1.54. The molecule has 2 heterocycles. The Bertz CT molecular complexity index is 1430. The normalized spacial score (nSPS) is 13.8. The fourth-order valence-electron chi connectivity index (χ4n) is 4.24. The van der Waals surface area contributed by atoms with E-state index in [1.54, 1.807) is 37.4 Å². The number of methoxy groups -OCH3 is 1. The number of hydrogen-bond donors (Lipinski definition) is 5. The molecule has 0 aliphatic carbocycles. The van der Waals surface area contributed by atoms with Crippen molar-refractivity contribution in [3.63, 3.8) is 0 Å². The van der Waals surface area contributed by atoms with Crippen LogP contribution in [0.3, 0.4) is 0 Å². The molecular formula is C27H33N9O4. The van der Waals surface area contributed by atoms with Crippen LogP contribution in [0.15, 0.2) is 55.3 Å². The minimum Gasteiger partial charge on any atom is -0.494 e. The minimum atomic E-state index is -1.19. The van der Waals surface area contributed by atoms with E-state index in [4.69, 9.17) is 10.5 Å². The first kappa shape index (κ1) is 28.1. The highest BCUT2D eigenvalue weighted by molar-refractivity contribution is 6.04. The van der Waals surface area contributed by atoms with E-state index in [2.05, 4.69) is 37.4 Å². The molecule has 0 saturated heterocycles. The van der Waals surface area contributed by atoms with E-state index in [0.717, 1.165) is 12.2 Å². The first-order valence-electron chi connectivity index (χ1n) is 12.4. The summed E-state index contributed by atoms with van der Waals surface area (Å²) in [7, 11) is 7.45. The summed E-state index contributed by atoms with van der Waals surface area (Å²) in [6, 6.07) is 10.2. The molecule has 13 nitrogen and oxygen atoms in total. The van der Waals surface area contributed by atoms with Crippen LogP contribution in [-0.2, 0) is 4.79 Å². The van der Waals surface area contributed by atoms with Gasteiger partial charge in [-0.05, 0) is 44.4 Å². The lowest BCUT2D eigenvalue weighted by Crippen LogP contribution is -2.32. The first-order valence-corrected chi connectivity index (χ1v) is 12.4. The molecule has 210 valence electrons. The van der Waals surface area contributed by atoms with Gasteiger partial charge in [-0.25, -0.2) is 4.98 Å². The largest absolute Gasteiger partial charge is 0.494 e. The Morgan fingerprint density at radius 1 is 1.23 bits per heavy atom. The van der Waals surface area contributed by atoms with Gasteiger partial charge in [0.1, 0.15) is 11.6 Å². The van der Waals surface area contributed by atoms with E-state index >= 15 is 0 Å². The zero-order valence-corrected chi connectivity index (χ0v) is 22.8. The van der Waals surface area contributed by atoms with Crippen LogP contribution in [0, 0.1) is 0 Å². The Labute approximate surface area is 232 Å². The van der Waals surface area contributed by atoms with Crippen molar-refractivity contribution in [1.82, 2.24) is 14.9 Å². The highest BCUT2D eigenvalue weighted by Gasteiger charge is 2.32. The van der Waals surface area contributed by atoms with Crippen molar-refractivity contribution < 1.29 is 19.4 Å². The molecular weight excluding hydrogens is 514 g/mol. The second-order valence-electron chi connectivity index (χ2n) is 9.30.